The van der Waals surface area contributed by atoms with Gasteiger partial charge in [-0.15, -0.1) is 11.3 Å². The van der Waals surface area contributed by atoms with Gasteiger partial charge >= 0.3 is 0 Å². The first-order valence-electron chi connectivity index (χ1n) is 7.95. The van der Waals surface area contributed by atoms with Crippen molar-refractivity contribution in [2.24, 2.45) is 0 Å². The normalized spacial score (nSPS) is 11.8. The Hall–Kier alpha value is -2.29. The number of carbonyl (C=O) groups excluding carboxylic acids is 1. The summed E-state index contributed by atoms with van der Waals surface area (Å²) < 4.78 is 24.7. The van der Waals surface area contributed by atoms with Crippen LogP contribution >= 0.6 is 11.3 Å². The number of aromatic nitrogens is 1. The standard InChI is InChI=1S/C18H19N3O3S2/c1-21(12-18-20-13-7-3-5-9-15(13)25-18)11-17(22)19-14-8-4-6-10-16(14)26(2,23)24/h3-10H,11-12H2,1-2H3,(H,19,22). The highest BCUT2D eigenvalue weighted by atomic mass is 32.2. The van der Waals surface area contributed by atoms with Crippen LogP contribution in [0.5, 0.6) is 0 Å². The van der Waals surface area contributed by atoms with Gasteiger partial charge in [0.2, 0.25) is 5.91 Å². The molecule has 0 fully saturated rings. The number of rotatable bonds is 6. The molecule has 0 saturated heterocycles. The van der Waals surface area contributed by atoms with Crippen molar-refractivity contribution in [2.45, 2.75) is 11.4 Å². The third kappa shape index (κ3) is 4.46. The van der Waals surface area contributed by atoms with E-state index in [1.165, 1.54) is 6.07 Å². The number of nitrogens with zero attached hydrogens (tertiary/aromatic N) is 2. The van der Waals surface area contributed by atoms with Crippen LogP contribution in [0.3, 0.4) is 0 Å². The topological polar surface area (TPSA) is 79.4 Å². The summed E-state index contributed by atoms with van der Waals surface area (Å²) in [5.74, 6) is -0.273. The molecule has 0 unspecified atom stereocenters. The fourth-order valence-corrected chi connectivity index (χ4v) is 4.49. The van der Waals surface area contributed by atoms with Gasteiger partial charge in [0, 0.05) is 6.26 Å². The SMILES string of the molecule is CN(CC(=O)Nc1ccccc1S(C)(=O)=O)Cc1nc2ccccc2s1. The summed E-state index contributed by atoms with van der Waals surface area (Å²) in [5, 5.41) is 3.61. The summed E-state index contributed by atoms with van der Waals surface area (Å²) >= 11 is 1.60. The predicted octanol–water partition coefficient (Wildman–Crippen LogP) is 2.77. The average molecular weight is 390 g/mol. The molecular formula is C18H19N3O3S2. The van der Waals surface area contributed by atoms with Crippen LogP contribution in [0.25, 0.3) is 10.2 Å². The van der Waals surface area contributed by atoms with E-state index in [4.69, 9.17) is 0 Å². The van der Waals surface area contributed by atoms with Crippen LogP contribution in [0, 0.1) is 0 Å². The number of nitrogens with one attached hydrogen (secondary N) is 1. The van der Waals surface area contributed by atoms with Crippen LogP contribution < -0.4 is 5.32 Å². The Labute approximate surface area is 156 Å². The third-order valence-electron chi connectivity index (χ3n) is 3.72. The summed E-state index contributed by atoms with van der Waals surface area (Å²) in [5.41, 5.74) is 1.25. The van der Waals surface area contributed by atoms with Gasteiger partial charge in [0.25, 0.3) is 0 Å². The highest BCUT2D eigenvalue weighted by Gasteiger charge is 2.16. The molecule has 0 bridgehead atoms. The van der Waals surface area contributed by atoms with Crippen molar-refractivity contribution >= 4 is 43.0 Å². The molecule has 0 saturated carbocycles. The van der Waals surface area contributed by atoms with E-state index >= 15 is 0 Å². The fourth-order valence-electron chi connectivity index (χ4n) is 2.60. The highest BCUT2D eigenvalue weighted by molar-refractivity contribution is 7.90. The van der Waals surface area contributed by atoms with Crippen molar-refractivity contribution in [1.82, 2.24) is 9.88 Å². The maximum atomic E-state index is 12.3. The Kier molecular flexibility index (Phi) is 5.36. The van der Waals surface area contributed by atoms with E-state index in [2.05, 4.69) is 10.3 Å². The second kappa shape index (κ2) is 7.53. The molecule has 1 N–H and O–H groups in total. The number of thiazole rings is 1. The number of fused-ring (bicyclic) bond motifs is 1. The summed E-state index contributed by atoms with van der Waals surface area (Å²) in [7, 11) is -1.58. The first-order valence-corrected chi connectivity index (χ1v) is 10.7. The Morgan fingerprint density at radius 2 is 1.85 bits per heavy atom. The van der Waals surface area contributed by atoms with Crippen molar-refractivity contribution in [1.29, 1.82) is 0 Å². The van der Waals surface area contributed by atoms with E-state index in [1.54, 1.807) is 29.5 Å². The van der Waals surface area contributed by atoms with E-state index in [1.807, 2.05) is 36.2 Å². The first-order chi connectivity index (χ1) is 12.3. The Balaban J connectivity index is 1.65. The number of benzene rings is 2. The summed E-state index contributed by atoms with van der Waals surface area (Å²) in [4.78, 5) is 18.8. The van der Waals surface area contributed by atoms with Crippen LogP contribution in [0.1, 0.15) is 5.01 Å². The number of carbonyl (C=O) groups is 1. The number of anilines is 1. The van der Waals surface area contributed by atoms with Crippen LogP contribution in [0.2, 0.25) is 0 Å². The molecule has 26 heavy (non-hydrogen) atoms. The van der Waals surface area contributed by atoms with Gasteiger partial charge in [0.15, 0.2) is 9.84 Å². The summed E-state index contributed by atoms with van der Waals surface area (Å²) in [6.45, 7) is 0.675. The van der Waals surface area contributed by atoms with Gasteiger partial charge in [0.1, 0.15) is 5.01 Å². The fraction of sp³-hybridized carbons (Fsp3) is 0.222. The van der Waals surface area contributed by atoms with Gasteiger partial charge in [-0.25, -0.2) is 13.4 Å². The molecule has 1 heterocycles. The second-order valence-electron chi connectivity index (χ2n) is 6.06. The van der Waals surface area contributed by atoms with Gasteiger partial charge in [-0.1, -0.05) is 24.3 Å². The molecule has 2 aromatic carbocycles. The van der Waals surface area contributed by atoms with Crippen molar-refractivity contribution in [3.8, 4) is 0 Å². The number of hydrogen-bond acceptors (Lipinski definition) is 6. The largest absolute Gasteiger partial charge is 0.324 e. The Bertz CT molecular complexity index is 1010. The lowest BCUT2D eigenvalue weighted by atomic mass is 10.3. The smallest absolute Gasteiger partial charge is 0.238 e. The molecule has 0 aliphatic rings. The Morgan fingerprint density at radius 3 is 2.58 bits per heavy atom. The van der Waals surface area contributed by atoms with E-state index < -0.39 is 9.84 Å². The first kappa shape index (κ1) is 18.5. The molecular weight excluding hydrogens is 370 g/mol. The van der Waals surface area contributed by atoms with Crippen LogP contribution in [0.4, 0.5) is 5.69 Å². The monoisotopic (exact) mass is 389 g/mol. The molecule has 1 amide bonds. The molecule has 136 valence electrons. The molecule has 3 rings (SSSR count). The number of hydrogen-bond donors (Lipinski definition) is 1. The van der Waals surface area contributed by atoms with Crippen molar-refractivity contribution in [3.05, 3.63) is 53.5 Å². The van der Waals surface area contributed by atoms with Crippen LogP contribution in [-0.2, 0) is 21.2 Å². The van der Waals surface area contributed by atoms with Crippen LogP contribution in [0.15, 0.2) is 53.4 Å². The van der Waals surface area contributed by atoms with Crippen molar-refractivity contribution in [2.75, 3.05) is 25.2 Å². The van der Waals surface area contributed by atoms with E-state index in [0.717, 1.165) is 21.5 Å². The molecule has 0 aliphatic heterocycles. The minimum Gasteiger partial charge on any atom is -0.324 e. The maximum Gasteiger partial charge on any atom is 0.238 e. The predicted molar refractivity (Wildman–Crippen MR) is 104 cm³/mol. The van der Waals surface area contributed by atoms with E-state index in [0.29, 0.717) is 12.2 Å². The van der Waals surface area contributed by atoms with E-state index in [9.17, 15) is 13.2 Å². The number of para-hydroxylation sites is 2. The molecule has 1 aromatic heterocycles. The minimum absolute atomic E-state index is 0.113. The molecule has 0 aliphatic carbocycles. The molecule has 6 nitrogen and oxygen atoms in total. The highest BCUT2D eigenvalue weighted by Crippen LogP contribution is 2.23. The Morgan fingerprint density at radius 1 is 1.15 bits per heavy atom. The zero-order valence-corrected chi connectivity index (χ0v) is 16.1. The number of sulfone groups is 1. The molecule has 8 heteroatoms. The number of likely N-dealkylation sites (N-methyl/N-ethyl adjacent to an activating group) is 1. The zero-order chi connectivity index (χ0) is 18.7. The molecule has 0 spiro atoms. The lowest BCUT2D eigenvalue weighted by Gasteiger charge is -2.15. The summed E-state index contributed by atoms with van der Waals surface area (Å²) in [6.07, 6.45) is 1.12. The van der Waals surface area contributed by atoms with E-state index in [-0.39, 0.29) is 17.3 Å². The molecule has 0 radical (unpaired) electrons. The van der Waals surface area contributed by atoms with Crippen molar-refractivity contribution < 1.29 is 13.2 Å². The minimum atomic E-state index is -3.41. The van der Waals surface area contributed by atoms with Gasteiger partial charge in [-0.3, -0.25) is 9.69 Å². The quantitative estimate of drug-likeness (QED) is 0.701. The molecule has 3 aromatic rings. The lowest BCUT2D eigenvalue weighted by molar-refractivity contribution is -0.117. The van der Waals surface area contributed by atoms with Gasteiger partial charge in [-0.05, 0) is 31.3 Å². The maximum absolute atomic E-state index is 12.3. The summed E-state index contributed by atoms with van der Waals surface area (Å²) in [6, 6.07) is 14.3. The van der Waals surface area contributed by atoms with Crippen molar-refractivity contribution in [3.63, 3.8) is 0 Å². The zero-order valence-electron chi connectivity index (χ0n) is 14.5. The third-order valence-corrected chi connectivity index (χ3v) is 5.89. The lowest BCUT2D eigenvalue weighted by Crippen LogP contribution is -2.30. The van der Waals surface area contributed by atoms with Gasteiger partial charge in [0.05, 0.1) is 33.9 Å². The van der Waals surface area contributed by atoms with Crippen LogP contribution in [-0.4, -0.2) is 44.1 Å². The molecule has 0 atom stereocenters. The average Bonchev–Trinajstić information content (AvgIpc) is 2.96. The number of amides is 1. The van der Waals surface area contributed by atoms with Gasteiger partial charge < -0.3 is 5.32 Å². The van der Waals surface area contributed by atoms with Gasteiger partial charge in [-0.2, -0.15) is 0 Å². The second-order valence-corrected chi connectivity index (χ2v) is 9.16.